The Morgan fingerprint density at radius 2 is 2.06 bits per heavy atom. The number of sulfonamides is 1. The summed E-state index contributed by atoms with van der Waals surface area (Å²) < 4.78 is 26.0. The SMILES string of the molecule is CNS(=O)(=O)CCNCc1csc2ccccc12. The first-order chi connectivity index (χ1) is 8.62. The van der Waals surface area contributed by atoms with E-state index in [1.54, 1.807) is 11.3 Å². The van der Waals surface area contributed by atoms with Crippen molar-refractivity contribution in [2.24, 2.45) is 0 Å². The molecule has 1 aromatic carbocycles. The molecule has 0 amide bonds. The number of nitrogens with one attached hydrogen (secondary N) is 2. The zero-order valence-electron chi connectivity index (χ0n) is 10.1. The van der Waals surface area contributed by atoms with E-state index in [2.05, 4.69) is 27.6 Å². The van der Waals surface area contributed by atoms with Gasteiger partial charge in [-0.25, -0.2) is 13.1 Å². The lowest BCUT2D eigenvalue weighted by atomic mass is 10.2. The second kappa shape index (κ2) is 5.79. The van der Waals surface area contributed by atoms with Crippen LogP contribution in [0.4, 0.5) is 0 Å². The normalized spacial score (nSPS) is 12.1. The van der Waals surface area contributed by atoms with Gasteiger partial charge in [0.2, 0.25) is 10.0 Å². The third kappa shape index (κ3) is 3.29. The molecule has 0 unspecified atom stereocenters. The Morgan fingerprint density at radius 1 is 1.28 bits per heavy atom. The van der Waals surface area contributed by atoms with E-state index in [1.807, 2.05) is 12.1 Å². The van der Waals surface area contributed by atoms with Crippen molar-refractivity contribution in [2.75, 3.05) is 19.3 Å². The predicted octanol–water partition coefficient (Wildman–Crippen LogP) is 1.54. The molecule has 0 radical (unpaired) electrons. The van der Waals surface area contributed by atoms with Crippen LogP contribution in [0.1, 0.15) is 5.56 Å². The molecular weight excluding hydrogens is 268 g/mol. The fourth-order valence-electron chi connectivity index (χ4n) is 1.70. The van der Waals surface area contributed by atoms with E-state index in [1.165, 1.54) is 22.7 Å². The first kappa shape index (κ1) is 13.5. The van der Waals surface area contributed by atoms with Crippen LogP contribution in [0.3, 0.4) is 0 Å². The first-order valence-electron chi connectivity index (χ1n) is 5.69. The van der Waals surface area contributed by atoms with E-state index in [0.717, 1.165) is 0 Å². The van der Waals surface area contributed by atoms with E-state index >= 15 is 0 Å². The summed E-state index contributed by atoms with van der Waals surface area (Å²) in [7, 11) is -1.68. The summed E-state index contributed by atoms with van der Waals surface area (Å²) >= 11 is 1.71. The minimum Gasteiger partial charge on any atom is -0.312 e. The fourth-order valence-corrected chi connectivity index (χ4v) is 3.28. The van der Waals surface area contributed by atoms with Gasteiger partial charge in [-0.15, -0.1) is 11.3 Å². The molecule has 0 aliphatic rings. The topological polar surface area (TPSA) is 58.2 Å². The van der Waals surface area contributed by atoms with Crippen LogP contribution in [0.15, 0.2) is 29.6 Å². The lowest BCUT2D eigenvalue weighted by Gasteiger charge is -2.04. The molecule has 1 heterocycles. The molecule has 4 nitrogen and oxygen atoms in total. The van der Waals surface area contributed by atoms with Gasteiger partial charge in [0.25, 0.3) is 0 Å². The van der Waals surface area contributed by atoms with Crippen LogP contribution in [0.2, 0.25) is 0 Å². The summed E-state index contributed by atoms with van der Waals surface area (Å²) in [4.78, 5) is 0. The van der Waals surface area contributed by atoms with Crippen molar-refractivity contribution in [3.8, 4) is 0 Å². The molecule has 0 aliphatic carbocycles. The van der Waals surface area contributed by atoms with Crippen LogP contribution >= 0.6 is 11.3 Å². The molecule has 6 heteroatoms. The summed E-state index contributed by atoms with van der Waals surface area (Å²) in [5.74, 6) is 0.103. The van der Waals surface area contributed by atoms with Gasteiger partial charge in [-0.05, 0) is 29.4 Å². The smallest absolute Gasteiger partial charge is 0.212 e. The Hall–Kier alpha value is -0.950. The van der Waals surface area contributed by atoms with E-state index in [0.29, 0.717) is 13.1 Å². The van der Waals surface area contributed by atoms with Crippen LogP contribution in [0.25, 0.3) is 10.1 Å². The number of hydrogen-bond acceptors (Lipinski definition) is 4. The largest absolute Gasteiger partial charge is 0.312 e. The molecule has 0 saturated carbocycles. The third-order valence-electron chi connectivity index (χ3n) is 2.74. The van der Waals surface area contributed by atoms with Gasteiger partial charge in [0.1, 0.15) is 0 Å². The van der Waals surface area contributed by atoms with Gasteiger partial charge < -0.3 is 5.32 Å². The molecule has 2 N–H and O–H groups in total. The van der Waals surface area contributed by atoms with Crippen molar-refractivity contribution >= 4 is 31.4 Å². The molecule has 0 atom stereocenters. The predicted molar refractivity (Wildman–Crippen MR) is 76.4 cm³/mol. The fraction of sp³-hybridized carbons (Fsp3) is 0.333. The highest BCUT2D eigenvalue weighted by Crippen LogP contribution is 2.25. The third-order valence-corrected chi connectivity index (χ3v) is 5.11. The highest BCUT2D eigenvalue weighted by Gasteiger charge is 2.06. The number of rotatable bonds is 6. The Bertz CT molecular complexity index is 620. The van der Waals surface area contributed by atoms with Crippen LogP contribution in [-0.2, 0) is 16.6 Å². The zero-order chi connectivity index (χ0) is 13.0. The van der Waals surface area contributed by atoms with Gasteiger partial charge in [-0.1, -0.05) is 18.2 Å². The molecule has 0 spiro atoms. The Kier molecular flexibility index (Phi) is 4.34. The first-order valence-corrected chi connectivity index (χ1v) is 8.22. The molecular formula is C12H16N2O2S2. The van der Waals surface area contributed by atoms with Crippen LogP contribution in [-0.4, -0.2) is 27.8 Å². The molecule has 98 valence electrons. The lowest BCUT2D eigenvalue weighted by molar-refractivity contribution is 0.583. The molecule has 18 heavy (non-hydrogen) atoms. The van der Waals surface area contributed by atoms with Gasteiger partial charge in [0.15, 0.2) is 0 Å². The van der Waals surface area contributed by atoms with Gasteiger partial charge in [-0.3, -0.25) is 0 Å². The van der Waals surface area contributed by atoms with Crippen molar-refractivity contribution in [2.45, 2.75) is 6.54 Å². The van der Waals surface area contributed by atoms with Crippen LogP contribution < -0.4 is 10.0 Å². The van der Waals surface area contributed by atoms with Gasteiger partial charge in [0.05, 0.1) is 5.75 Å². The van der Waals surface area contributed by atoms with E-state index in [-0.39, 0.29) is 5.75 Å². The van der Waals surface area contributed by atoms with Crippen molar-refractivity contribution in [1.29, 1.82) is 0 Å². The van der Waals surface area contributed by atoms with Crippen molar-refractivity contribution in [3.63, 3.8) is 0 Å². The summed E-state index contributed by atoms with van der Waals surface area (Å²) in [6, 6.07) is 8.22. The maximum atomic E-state index is 11.2. The van der Waals surface area contributed by atoms with E-state index < -0.39 is 10.0 Å². The molecule has 0 fully saturated rings. The second-order valence-electron chi connectivity index (χ2n) is 3.96. The maximum absolute atomic E-state index is 11.2. The maximum Gasteiger partial charge on any atom is 0.212 e. The Morgan fingerprint density at radius 3 is 2.83 bits per heavy atom. The van der Waals surface area contributed by atoms with Crippen LogP contribution in [0.5, 0.6) is 0 Å². The summed E-state index contributed by atoms with van der Waals surface area (Å²) in [5, 5.41) is 6.52. The number of benzene rings is 1. The quantitative estimate of drug-likeness (QED) is 0.791. The molecule has 2 rings (SSSR count). The molecule has 0 aliphatic heterocycles. The number of hydrogen-bond donors (Lipinski definition) is 2. The van der Waals surface area contributed by atoms with Crippen molar-refractivity contribution in [3.05, 3.63) is 35.2 Å². The van der Waals surface area contributed by atoms with Gasteiger partial charge in [-0.2, -0.15) is 0 Å². The summed E-state index contributed by atoms with van der Waals surface area (Å²) in [5.41, 5.74) is 1.22. The average Bonchev–Trinajstić information content (AvgIpc) is 2.78. The summed E-state index contributed by atoms with van der Waals surface area (Å²) in [6.45, 7) is 1.15. The number of fused-ring (bicyclic) bond motifs is 1. The Labute approximate surface area is 111 Å². The zero-order valence-corrected chi connectivity index (χ0v) is 11.8. The lowest BCUT2D eigenvalue weighted by Crippen LogP contribution is -2.29. The van der Waals surface area contributed by atoms with E-state index in [4.69, 9.17) is 0 Å². The van der Waals surface area contributed by atoms with Gasteiger partial charge >= 0.3 is 0 Å². The summed E-state index contributed by atoms with van der Waals surface area (Å²) in [6.07, 6.45) is 0. The standard InChI is InChI=1S/C12H16N2O2S2/c1-13-18(15,16)7-6-14-8-10-9-17-12-5-3-2-4-11(10)12/h2-5,9,13-14H,6-8H2,1H3. The molecule has 0 saturated heterocycles. The minimum atomic E-state index is -3.11. The highest BCUT2D eigenvalue weighted by molar-refractivity contribution is 7.89. The van der Waals surface area contributed by atoms with Gasteiger partial charge in [0, 0.05) is 17.8 Å². The van der Waals surface area contributed by atoms with Crippen molar-refractivity contribution < 1.29 is 8.42 Å². The van der Waals surface area contributed by atoms with Crippen molar-refractivity contribution in [1.82, 2.24) is 10.0 Å². The van der Waals surface area contributed by atoms with E-state index in [9.17, 15) is 8.42 Å². The number of thiophene rings is 1. The Balaban J connectivity index is 1.91. The molecule has 1 aromatic heterocycles. The second-order valence-corrected chi connectivity index (χ2v) is 6.91. The average molecular weight is 284 g/mol. The minimum absolute atomic E-state index is 0.103. The highest BCUT2D eigenvalue weighted by atomic mass is 32.2. The van der Waals surface area contributed by atoms with Crippen LogP contribution in [0, 0.1) is 0 Å². The molecule has 0 bridgehead atoms. The molecule has 2 aromatic rings. The monoisotopic (exact) mass is 284 g/mol.